The predicted octanol–water partition coefficient (Wildman–Crippen LogP) is 1.61. The Bertz CT molecular complexity index is 149. The summed E-state index contributed by atoms with van der Waals surface area (Å²) in [7, 11) is 0. The van der Waals surface area contributed by atoms with Crippen molar-refractivity contribution in [3.63, 3.8) is 0 Å². The highest BCUT2D eigenvalue weighted by atomic mass is 16.4. The Balaban J connectivity index is 3.60. The van der Waals surface area contributed by atoms with E-state index in [0.717, 1.165) is 6.42 Å². The highest BCUT2D eigenvalue weighted by molar-refractivity contribution is 5.66. The van der Waals surface area contributed by atoms with Crippen LogP contribution in [0.25, 0.3) is 0 Å². The van der Waals surface area contributed by atoms with Crippen LogP contribution in [0.5, 0.6) is 0 Å². The SMILES string of the molecule is CC(C)(C)C[C@H](N)CCC(=O)O. The fraction of sp³-hybridized carbons (Fsp3) is 0.889. The molecule has 0 bridgehead atoms. The van der Waals surface area contributed by atoms with Crippen molar-refractivity contribution in [2.45, 2.75) is 46.1 Å². The van der Waals surface area contributed by atoms with Crippen LogP contribution in [0, 0.1) is 5.41 Å². The van der Waals surface area contributed by atoms with Gasteiger partial charge in [0.1, 0.15) is 0 Å². The number of hydrogen-bond acceptors (Lipinski definition) is 2. The molecule has 0 aliphatic carbocycles. The Labute approximate surface area is 74.0 Å². The summed E-state index contributed by atoms with van der Waals surface area (Å²) in [6, 6.07) is 0.0149. The molecule has 0 amide bonds. The first kappa shape index (κ1) is 11.4. The number of rotatable bonds is 4. The Hall–Kier alpha value is -0.570. The van der Waals surface area contributed by atoms with Gasteiger partial charge in [0.25, 0.3) is 0 Å². The van der Waals surface area contributed by atoms with E-state index in [1.165, 1.54) is 0 Å². The van der Waals surface area contributed by atoms with E-state index in [1.807, 2.05) is 0 Å². The van der Waals surface area contributed by atoms with Gasteiger partial charge < -0.3 is 10.8 Å². The molecule has 0 aliphatic rings. The number of carbonyl (C=O) groups is 1. The van der Waals surface area contributed by atoms with Crippen LogP contribution in [0.3, 0.4) is 0 Å². The van der Waals surface area contributed by atoms with Crippen LogP contribution >= 0.6 is 0 Å². The smallest absolute Gasteiger partial charge is 0.303 e. The third kappa shape index (κ3) is 7.54. The van der Waals surface area contributed by atoms with Crippen molar-refractivity contribution in [3.8, 4) is 0 Å². The van der Waals surface area contributed by atoms with E-state index in [0.29, 0.717) is 6.42 Å². The van der Waals surface area contributed by atoms with E-state index in [4.69, 9.17) is 10.8 Å². The van der Waals surface area contributed by atoms with Gasteiger partial charge in [-0.1, -0.05) is 20.8 Å². The summed E-state index contributed by atoms with van der Waals surface area (Å²) >= 11 is 0. The van der Waals surface area contributed by atoms with Gasteiger partial charge in [0.2, 0.25) is 0 Å². The molecule has 1 atom stereocenters. The maximum Gasteiger partial charge on any atom is 0.303 e. The first-order chi connectivity index (χ1) is 5.31. The van der Waals surface area contributed by atoms with Crippen molar-refractivity contribution >= 4 is 5.97 Å². The van der Waals surface area contributed by atoms with Gasteiger partial charge in [-0.25, -0.2) is 0 Å². The molecule has 3 N–H and O–H groups in total. The largest absolute Gasteiger partial charge is 0.481 e. The Morgan fingerprint density at radius 3 is 2.33 bits per heavy atom. The summed E-state index contributed by atoms with van der Waals surface area (Å²) in [5.41, 5.74) is 5.94. The Kier molecular flexibility index (Phi) is 4.24. The molecule has 0 saturated heterocycles. The average molecular weight is 173 g/mol. The highest BCUT2D eigenvalue weighted by Crippen LogP contribution is 2.21. The molecule has 0 aromatic rings. The molecule has 0 rings (SSSR count). The number of hydrogen-bond donors (Lipinski definition) is 2. The third-order valence-corrected chi connectivity index (χ3v) is 1.60. The van der Waals surface area contributed by atoms with E-state index >= 15 is 0 Å². The standard InChI is InChI=1S/C9H19NO2/c1-9(2,3)6-7(10)4-5-8(11)12/h7H,4-6,10H2,1-3H3,(H,11,12)/t7-/m1/s1. The third-order valence-electron chi connectivity index (χ3n) is 1.60. The van der Waals surface area contributed by atoms with Gasteiger partial charge in [0.15, 0.2) is 0 Å². The average Bonchev–Trinajstić information content (AvgIpc) is 1.79. The van der Waals surface area contributed by atoms with Gasteiger partial charge in [-0.2, -0.15) is 0 Å². The molecule has 3 heteroatoms. The van der Waals surface area contributed by atoms with E-state index in [1.54, 1.807) is 0 Å². The van der Waals surface area contributed by atoms with E-state index in [-0.39, 0.29) is 17.9 Å². The Morgan fingerprint density at radius 2 is 2.00 bits per heavy atom. The van der Waals surface area contributed by atoms with E-state index < -0.39 is 5.97 Å². The quantitative estimate of drug-likeness (QED) is 0.679. The van der Waals surface area contributed by atoms with Crippen LogP contribution in [0.1, 0.15) is 40.0 Å². The van der Waals surface area contributed by atoms with Crippen LogP contribution in [0.2, 0.25) is 0 Å². The van der Waals surface area contributed by atoms with Crippen LogP contribution in [0.4, 0.5) is 0 Å². The molecule has 72 valence electrons. The van der Waals surface area contributed by atoms with Crippen molar-refractivity contribution in [1.82, 2.24) is 0 Å². The normalized spacial score (nSPS) is 14.3. The monoisotopic (exact) mass is 173 g/mol. The molecule has 0 saturated carbocycles. The van der Waals surface area contributed by atoms with Gasteiger partial charge in [0, 0.05) is 12.5 Å². The van der Waals surface area contributed by atoms with E-state index in [2.05, 4.69) is 20.8 Å². The van der Waals surface area contributed by atoms with Crippen molar-refractivity contribution in [2.24, 2.45) is 11.1 Å². The summed E-state index contributed by atoms with van der Waals surface area (Å²) in [5, 5.41) is 8.41. The molecule has 12 heavy (non-hydrogen) atoms. The van der Waals surface area contributed by atoms with Gasteiger partial charge in [-0.3, -0.25) is 4.79 Å². The molecule has 0 fully saturated rings. The summed E-state index contributed by atoms with van der Waals surface area (Å²) < 4.78 is 0. The highest BCUT2D eigenvalue weighted by Gasteiger charge is 2.15. The minimum atomic E-state index is -0.764. The Morgan fingerprint density at radius 1 is 1.50 bits per heavy atom. The number of aliphatic carboxylic acids is 1. The number of nitrogens with two attached hydrogens (primary N) is 1. The number of carboxylic acids is 1. The minimum absolute atomic E-state index is 0.0149. The maximum absolute atomic E-state index is 10.2. The molecule has 0 aliphatic heterocycles. The molecule has 0 aromatic carbocycles. The van der Waals surface area contributed by atoms with Crippen molar-refractivity contribution in [3.05, 3.63) is 0 Å². The first-order valence-corrected chi connectivity index (χ1v) is 4.28. The summed E-state index contributed by atoms with van der Waals surface area (Å²) in [4.78, 5) is 10.2. The first-order valence-electron chi connectivity index (χ1n) is 4.28. The fourth-order valence-corrected chi connectivity index (χ4v) is 1.20. The molecule has 0 unspecified atom stereocenters. The second kappa shape index (κ2) is 4.45. The van der Waals surface area contributed by atoms with Gasteiger partial charge in [-0.15, -0.1) is 0 Å². The van der Waals surface area contributed by atoms with Crippen molar-refractivity contribution in [1.29, 1.82) is 0 Å². The molecular formula is C9H19NO2. The molecule has 0 aromatic heterocycles. The van der Waals surface area contributed by atoms with Gasteiger partial charge >= 0.3 is 5.97 Å². The van der Waals surface area contributed by atoms with Crippen LogP contribution in [-0.4, -0.2) is 17.1 Å². The lowest BCUT2D eigenvalue weighted by Gasteiger charge is -2.22. The molecule has 0 spiro atoms. The maximum atomic E-state index is 10.2. The van der Waals surface area contributed by atoms with Crippen LogP contribution in [0.15, 0.2) is 0 Å². The minimum Gasteiger partial charge on any atom is -0.481 e. The van der Waals surface area contributed by atoms with Crippen molar-refractivity contribution in [2.75, 3.05) is 0 Å². The summed E-state index contributed by atoms with van der Waals surface area (Å²) in [6.45, 7) is 6.31. The zero-order valence-corrected chi connectivity index (χ0v) is 8.13. The lowest BCUT2D eigenvalue weighted by molar-refractivity contribution is -0.137. The van der Waals surface area contributed by atoms with Crippen LogP contribution < -0.4 is 5.73 Å². The molecule has 0 radical (unpaired) electrons. The number of carboxylic acid groups (broad SMARTS) is 1. The van der Waals surface area contributed by atoms with Crippen LogP contribution in [-0.2, 0) is 4.79 Å². The molecule has 3 nitrogen and oxygen atoms in total. The lowest BCUT2D eigenvalue weighted by Crippen LogP contribution is -2.26. The zero-order chi connectivity index (χ0) is 9.78. The predicted molar refractivity (Wildman–Crippen MR) is 48.9 cm³/mol. The summed E-state index contributed by atoms with van der Waals surface area (Å²) in [6.07, 6.45) is 1.63. The lowest BCUT2D eigenvalue weighted by atomic mass is 9.87. The molecular weight excluding hydrogens is 154 g/mol. The fourth-order valence-electron chi connectivity index (χ4n) is 1.20. The van der Waals surface area contributed by atoms with Gasteiger partial charge in [-0.05, 0) is 18.3 Å². The molecule has 0 heterocycles. The van der Waals surface area contributed by atoms with Gasteiger partial charge in [0.05, 0.1) is 0 Å². The second-order valence-electron chi connectivity index (χ2n) is 4.46. The van der Waals surface area contributed by atoms with E-state index in [9.17, 15) is 4.79 Å². The summed E-state index contributed by atoms with van der Waals surface area (Å²) in [5.74, 6) is -0.764. The topological polar surface area (TPSA) is 63.3 Å². The zero-order valence-electron chi connectivity index (χ0n) is 8.13. The van der Waals surface area contributed by atoms with Crippen molar-refractivity contribution < 1.29 is 9.90 Å². The second-order valence-corrected chi connectivity index (χ2v) is 4.46.